The molecule has 0 amide bonds. The number of para-hydroxylation sites is 1. The highest BCUT2D eigenvalue weighted by molar-refractivity contribution is 7.89. The van der Waals surface area contributed by atoms with Gasteiger partial charge in [0.2, 0.25) is 10.0 Å². The van der Waals surface area contributed by atoms with Crippen molar-refractivity contribution in [1.29, 1.82) is 0 Å². The van der Waals surface area contributed by atoms with Crippen LogP contribution in [0.15, 0.2) is 53.4 Å². The first kappa shape index (κ1) is 21.0. The molecule has 0 aliphatic carbocycles. The fourth-order valence-electron chi connectivity index (χ4n) is 3.02. The van der Waals surface area contributed by atoms with E-state index in [1.807, 2.05) is 19.1 Å². The number of rotatable bonds is 8. The van der Waals surface area contributed by atoms with Crippen molar-refractivity contribution in [3.8, 4) is 5.75 Å². The Bertz CT molecular complexity index is 978. The lowest BCUT2D eigenvalue weighted by Crippen LogP contribution is -2.27. The first-order chi connectivity index (χ1) is 13.9. The van der Waals surface area contributed by atoms with Gasteiger partial charge in [-0.2, -0.15) is 4.31 Å². The quantitative estimate of drug-likeness (QED) is 0.484. The summed E-state index contributed by atoms with van der Waals surface area (Å²) in [6.07, 6.45) is 1.71. The van der Waals surface area contributed by atoms with Crippen LogP contribution in [0.2, 0.25) is 0 Å². The van der Waals surface area contributed by atoms with Crippen molar-refractivity contribution < 1.29 is 27.5 Å². The van der Waals surface area contributed by atoms with Crippen molar-refractivity contribution in [3.05, 3.63) is 59.7 Å². The van der Waals surface area contributed by atoms with Gasteiger partial charge in [0, 0.05) is 18.7 Å². The van der Waals surface area contributed by atoms with E-state index in [-0.39, 0.29) is 17.1 Å². The van der Waals surface area contributed by atoms with Gasteiger partial charge < -0.3 is 9.47 Å². The van der Waals surface area contributed by atoms with E-state index in [1.54, 1.807) is 12.1 Å². The van der Waals surface area contributed by atoms with Crippen molar-refractivity contribution in [2.24, 2.45) is 0 Å². The minimum Gasteiger partial charge on any atom is -0.482 e. The van der Waals surface area contributed by atoms with Gasteiger partial charge in [-0.05, 0) is 55.7 Å². The molecule has 1 saturated heterocycles. The van der Waals surface area contributed by atoms with Gasteiger partial charge in [0.05, 0.1) is 4.90 Å². The number of ether oxygens (including phenoxy) is 2. The summed E-state index contributed by atoms with van der Waals surface area (Å²) in [5.41, 5.74) is 1.17. The van der Waals surface area contributed by atoms with Crippen LogP contribution in [0, 0.1) is 6.92 Å². The van der Waals surface area contributed by atoms with Gasteiger partial charge >= 0.3 is 5.97 Å². The molecule has 0 aromatic heterocycles. The third kappa shape index (κ3) is 5.21. The van der Waals surface area contributed by atoms with E-state index in [0.29, 0.717) is 18.8 Å². The van der Waals surface area contributed by atoms with E-state index in [9.17, 15) is 18.0 Å². The minimum atomic E-state index is -3.52. The van der Waals surface area contributed by atoms with E-state index >= 15 is 0 Å². The summed E-state index contributed by atoms with van der Waals surface area (Å²) in [5, 5.41) is 0. The summed E-state index contributed by atoms with van der Waals surface area (Å²) in [7, 11) is -3.52. The number of sulfonamides is 1. The van der Waals surface area contributed by atoms with Gasteiger partial charge in [-0.25, -0.2) is 13.2 Å². The van der Waals surface area contributed by atoms with Crippen LogP contribution in [0.1, 0.15) is 28.8 Å². The van der Waals surface area contributed by atoms with Crippen molar-refractivity contribution in [3.63, 3.8) is 0 Å². The highest BCUT2D eigenvalue weighted by atomic mass is 32.2. The Balaban J connectivity index is 1.51. The first-order valence-corrected chi connectivity index (χ1v) is 10.8. The molecule has 0 atom stereocenters. The molecule has 2 aromatic carbocycles. The fourth-order valence-corrected chi connectivity index (χ4v) is 4.53. The Labute approximate surface area is 170 Å². The number of hydrogen-bond donors (Lipinski definition) is 0. The van der Waals surface area contributed by atoms with Gasteiger partial charge in [-0.1, -0.05) is 18.2 Å². The van der Waals surface area contributed by atoms with Crippen molar-refractivity contribution >= 4 is 21.8 Å². The fraction of sp³-hybridized carbons (Fsp3) is 0.333. The van der Waals surface area contributed by atoms with Gasteiger partial charge in [0.25, 0.3) is 0 Å². The second kappa shape index (κ2) is 9.19. The Morgan fingerprint density at radius 1 is 0.966 bits per heavy atom. The number of Topliss-reactive ketones (excluding diaryl/α,β-unsaturated/α-hetero) is 1. The summed E-state index contributed by atoms with van der Waals surface area (Å²) >= 11 is 0. The molecular formula is C21H23NO6S. The lowest BCUT2D eigenvalue weighted by atomic mass is 10.1. The van der Waals surface area contributed by atoms with Crippen molar-refractivity contribution in [1.82, 2.24) is 4.31 Å². The maximum absolute atomic E-state index is 12.5. The second-order valence-corrected chi connectivity index (χ2v) is 8.71. The Hall–Kier alpha value is -2.71. The third-order valence-corrected chi connectivity index (χ3v) is 6.60. The van der Waals surface area contributed by atoms with Gasteiger partial charge in [-0.15, -0.1) is 0 Å². The van der Waals surface area contributed by atoms with Crippen LogP contribution in [-0.4, -0.2) is 50.8 Å². The Morgan fingerprint density at radius 3 is 2.28 bits per heavy atom. The molecule has 3 rings (SSSR count). The standard InChI is InChI=1S/C21H23NO6S/c1-16-6-2-3-7-20(16)27-15-21(24)28-14-19(23)17-8-10-18(11-9-17)29(25,26)22-12-4-5-13-22/h2-3,6-11H,4-5,12-15H2,1H3. The summed E-state index contributed by atoms with van der Waals surface area (Å²) in [4.78, 5) is 24.2. The smallest absolute Gasteiger partial charge is 0.344 e. The number of ketones is 1. The van der Waals surface area contributed by atoms with Gasteiger partial charge in [-0.3, -0.25) is 4.79 Å². The average Bonchev–Trinajstić information content (AvgIpc) is 3.27. The normalized spacial score (nSPS) is 14.5. The number of carbonyl (C=O) groups excluding carboxylic acids is 2. The number of esters is 1. The number of hydrogen-bond acceptors (Lipinski definition) is 6. The second-order valence-electron chi connectivity index (χ2n) is 6.77. The SMILES string of the molecule is Cc1ccccc1OCC(=O)OCC(=O)c1ccc(S(=O)(=O)N2CCCC2)cc1. The Kier molecular flexibility index (Phi) is 6.66. The van der Waals surface area contributed by atoms with Crippen molar-refractivity contribution in [2.45, 2.75) is 24.7 Å². The van der Waals surface area contributed by atoms with Gasteiger partial charge in [0.15, 0.2) is 19.0 Å². The molecule has 7 nitrogen and oxygen atoms in total. The van der Waals surface area contributed by atoms with Crippen LogP contribution in [0.4, 0.5) is 0 Å². The molecule has 1 heterocycles. The van der Waals surface area contributed by atoms with Crippen LogP contribution in [-0.2, 0) is 19.6 Å². The first-order valence-electron chi connectivity index (χ1n) is 9.35. The summed E-state index contributed by atoms with van der Waals surface area (Å²) in [6.45, 7) is 2.16. The number of carbonyl (C=O) groups is 2. The van der Waals surface area contributed by atoms with E-state index in [4.69, 9.17) is 9.47 Å². The predicted octanol–water partition coefficient (Wildman–Crippen LogP) is 2.58. The molecule has 0 spiro atoms. The highest BCUT2D eigenvalue weighted by Gasteiger charge is 2.27. The number of aryl methyl sites for hydroxylation is 1. The van der Waals surface area contributed by atoms with Crippen LogP contribution in [0.3, 0.4) is 0 Å². The molecule has 1 fully saturated rings. The third-order valence-electron chi connectivity index (χ3n) is 4.68. The molecular weight excluding hydrogens is 394 g/mol. The van der Waals surface area contributed by atoms with E-state index in [1.165, 1.54) is 28.6 Å². The molecule has 0 saturated carbocycles. The molecule has 29 heavy (non-hydrogen) atoms. The lowest BCUT2D eigenvalue weighted by Gasteiger charge is -2.15. The molecule has 0 N–H and O–H groups in total. The maximum Gasteiger partial charge on any atom is 0.344 e. The summed E-state index contributed by atoms with van der Waals surface area (Å²) in [6, 6.07) is 12.9. The summed E-state index contributed by atoms with van der Waals surface area (Å²) in [5.74, 6) is -0.500. The van der Waals surface area contributed by atoms with Crippen LogP contribution in [0.5, 0.6) is 5.75 Å². The molecule has 1 aliphatic heterocycles. The van der Waals surface area contributed by atoms with Crippen LogP contribution < -0.4 is 4.74 Å². The predicted molar refractivity (Wildman–Crippen MR) is 106 cm³/mol. The average molecular weight is 417 g/mol. The van der Waals surface area contributed by atoms with Crippen LogP contribution in [0.25, 0.3) is 0 Å². The van der Waals surface area contributed by atoms with Crippen molar-refractivity contribution in [2.75, 3.05) is 26.3 Å². The molecule has 0 radical (unpaired) electrons. The molecule has 0 unspecified atom stereocenters. The summed E-state index contributed by atoms with van der Waals surface area (Å²) < 4.78 is 36.8. The zero-order valence-corrected chi connectivity index (χ0v) is 17.0. The van der Waals surface area contributed by atoms with Gasteiger partial charge in [0.1, 0.15) is 5.75 Å². The number of benzene rings is 2. The van der Waals surface area contributed by atoms with E-state index in [2.05, 4.69) is 0 Å². The zero-order chi connectivity index (χ0) is 20.9. The minimum absolute atomic E-state index is 0.152. The van der Waals surface area contributed by atoms with E-state index in [0.717, 1.165) is 18.4 Å². The highest BCUT2D eigenvalue weighted by Crippen LogP contribution is 2.21. The molecule has 8 heteroatoms. The van der Waals surface area contributed by atoms with Crippen LogP contribution >= 0.6 is 0 Å². The Morgan fingerprint density at radius 2 is 1.62 bits per heavy atom. The molecule has 2 aromatic rings. The molecule has 0 bridgehead atoms. The largest absolute Gasteiger partial charge is 0.482 e. The monoisotopic (exact) mass is 417 g/mol. The number of nitrogens with zero attached hydrogens (tertiary/aromatic N) is 1. The zero-order valence-electron chi connectivity index (χ0n) is 16.2. The molecule has 154 valence electrons. The maximum atomic E-state index is 12.5. The lowest BCUT2D eigenvalue weighted by molar-refractivity contribution is -0.144. The molecule has 1 aliphatic rings. The topological polar surface area (TPSA) is 90.0 Å². The van der Waals surface area contributed by atoms with E-state index < -0.39 is 28.4 Å².